The van der Waals surface area contributed by atoms with Crippen molar-refractivity contribution in [3.8, 4) is 0 Å². The van der Waals surface area contributed by atoms with Crippen LogP contribution in [0.25, 0.3) is 10.8 Å². The molecule has 1 aliphatic carbocycles. The van der Waals surface area contributed by atoms with Gasteiger partial charge in [-0.1, -0.05) is 48.2 Å². The normalized spacial score (nSPS) is 16.9. The molecule has 1 nitrogen and oxygen atoms in total. The number of nitrogens with zero attached hydrogens (tertiary/aromatic N) is 1. The summed E-state index contributed by atoms with van der Waals surface area (Å²) in [6.45, 7) is 0. The van der Waals surface area contributed by atoms with E-state index in [1.807, 2.05) is 11.8 Å². The molecule has 0 bridgehead atoms. The first-order valence-electron chi connectivity index (χ1n) is 6.05. The van der Waals surface area contributed by atoms with Gasteiger partial charge in [-0.15, -0.1) is 0 Å². The zero-order valence-corrected chi connectivity index (χ0v) is 10.6. The Morgan fingerprint density at radius 3 is 2.78 bits per heavy atom. The largest absolute Gasteiger partial charge is 0.251 e. The van der Waals surface area contributed by atoms with Gasteiger partial charge in [0.2, 0.25) is 0 Å². The fourth-order valence-electron chi connectivity index (χ4n) is 2.37. The lowest BCUT2D eigenvalue weighted by molar-refractivity contribution is 1.32. The fourth-order valence-corrected chi connectivity index (χ4v) is 3.39. The highest BCUT2D eigenvalue weighted by molar-refractivity contribution is 8.04. The highest BCUT2D eigenvalue weighted by Gasteiger charge is 2.18. The van der Waals surface area contributed by atoms with E-state index in [1.54, 1.807) is 0 Å². The molecule has 0 aromatic heterocycles. The second kappa shape index (κ2) is 3.85. The monoisotopic (exact) mass is 249 g/mol. The Balaban J connectivity index is 1.96. The van der Waals surface area contributed by atoms with Crippen LogP contribution in [0.5, 0.6) is 0 Å². The SMILES string of the molecule is C1=CCC2=Nc3cc4ccccc4cc3SC2=C1. The van der Waals surface area contributed by atoms with Gasteiger partial charge in [-0.3, -0.25) is 4.99 Å². The second-order valence-corrected chi connectivity index (χ2v) is 5.57. The third-order valence-corrected chi connectivity index (χ3v) is 4.42. The third-order valence-electron chi connectivity index (χ3n) is 3.28. The van der Waals surface area contributed by atoms with Gasteiger partial charge in [0.1, 0.15) is 0 Å². The Labute approximate surface area is 110 Å². The molecular formula is C16H11NS. The minimum absolute atomic E-state index is 0.950. The van der Waals surface area contributed by atoms with Gasteiger partial charge in [-0.2, -0.15) is 0 Å². The van der Waals surface area contributed by atoms with Crippen LogP contribution in [0, 0.1) is 0 Å². The van der Waals surface area contributed by atoms with Crippen LogP contribution in [0.1, 0.15) is 6.42 Å². The fraction of sp³-hybridized carbons (Fsp3) is 0.0625. The molecule has 2 heteroatoms. The van der Waals surface area contributed by atoms with Crippen LogP contribution in [0.4, 0.5) is 5.69 Å². The van der Waals surface area contributed by atoms with E-state index in [-0.39, 0.29) is 0 Å². The number of allylic oxidation sites excluding steroid dienone is 4. The van der Waals surface area contributed by atoms with Crippen molar-refractivity contribution in [2.45, 2.75) is 11.3 Å². The second-order valence-electron chi connectivity index (χ2n) is 4.49. The summed E-state index contributed by atoms with van der Waals surface area (Å²) in [6.07, 6.45) is 7.39. The molecule has 2 aliphatic rings. The van der Waals surface area contributed by atoms with Crippen molar-refractivity contribution in [1.82, 2.24) is 0 Å². The summed E-state index contributed by atoms with van der Waals surface area (Å²) in [5.41, 5.74) is 2.31. The van der Waals surface area contributed by atoms with E-state index in [9.17, 15) is 0 Å². The number of fused-ring (bicyclic) bond motifs is 3. The molecule has 2 aromatic carbocycles. The smallest absolute Gasteiger partial charge is 0.0779 e. The lowest BCUT2D eigenvalue weighted by Crippen LogP contribution is -2.04. The van der Waals surface area contributed by atoms with Crippen molar-refractivity contribution in [3.63, 3.8) is 0 Å². The van der Waals surface area contributed by atoms with Gasteiger partial charge in [0.15, 0.2) is 0 Å². The molecule has 1 heterocycles. The predicted octanol–water partition coefficient (Wildman–Crippen LogP) is 4.86. The van der Waals surface area contributed by atoms with Crippen molar-refractivity contribution < 1.29 is 0 Å². The predicted molar refractivity (Wildman–Crippen MR) is 78.7 cm³/mol. The molecule has 18 heavy (non-hydrogen) atoms. The molecule has 0 saturated carbocycles. The number of rotatable bonds is 0. The highest BCUT2D eigenvalue weighted by atomic mass is 32.2. The van der Waals surface area contributed by atoms with Gasteiger partial charge in [-0.05, 0) is 29.0 Å². The first-order chi connectivity index (χ1) is 8.90. The maximum absolute atomic E-state index is 4.79. The first kappa shape index (κ1) is 10.2. The Morgan fingerprint density at radius 1 is 1.06 bits per heavy atom. The molecule has 0 atom stereocenters. The topological polar surface area (TPSA) is 12.4 Å². The Hall–Kier alpha value is -1.80. The van der Waals surface area contributed by atoms with Crippen molar-refractivity contribution >= 4 is 33.9 Å². The van der Waals surface area contributed by atoms with Gasteiger partial charge < -0.3 is 0 Å². The van der Waals surface area contributed by atoms with Crippen molar-refractivity contribution in [3.05, 3.63) is 59.5 Å². The standard InChI is InChI=1S/C16H11NS/c1-2-6-12-10-16-14(9-11(12)5-1)17-13-7-3-4-8-15(13)18-16/h1-6,8-10H,7H2. The van der Waals surface area contributed by atoms with Crippen LogP contribution in [0.15, 0.2) is 69.4 Å². The average molecular weight is 249 g/mol. The molecular weight excluding hydrogens is 238 g/mol. The summed E-state index contributed by atoms with van der Waals surface area (Å²) in [5, 5.41) is 2.55. The molecule has 2 aromatic rings. The molecule has 1 aliphatic heterocycles. The molecule has 0 unspecified atom stereocenters. The van der Waals surface area contributed by atoms with Gasteiger partial charge in [0.25, 0.3) is 0 Å². The maximum atomic E-state index is 4.79. The zero-order chi connectivity index (χ0) is 11.9. The Bertz CT molecular complexity index is 738. The number of benzene rings is 2. The van der Waals surface area contributed by atoms with Gasteiger partial charge in [-0.25, -0.2) is 0 Å². The van der Waals surface area contributed by atoms with Gasteiger partial charge in [0.05, 0.1) is 11.4 Å². The summed E-state index contributed by atoms with van der Waals surface area (Å²) in [7, 11) is 0. The molecule has 0 fully saturated rings. The molecule has 0 N–H and O–H groups in total. The molecule has 86 valence electrons. The van der Waals surface area contributed by atoms with Crippen molar-refractivity contribution in [2.75, 3.05) is 0 Å². The number of hydrogen-bond acceptors (Lipinski definition) is 2. The summed E-state index contributed by atoms with van der Waals surface area (Å²) >= 11 is 1.83. The van der Waals surface area contributed by atoms with Gasteiger partial charge in [0, 0.05) is 16.2 Å². The quantitative estimate of drug-likeness (QED) is 0.649. The Morgan fingerprint density at radius 2 is 1.89 bits per heavy atom. The van der Waals surface area contributed by atoms with Crippen LogP contribution in [-0.2, 0) is 0 Å². The molecule has 0 radical (unpaired) electrons. The van der Waals surface area contributed by atoms with E-state index in [1.165, 1.54) is 26.3 Å². The molecule has 0 amide bonds. The van der Waals surface area contributed by atoms with Crippen molar-refractivity contribution in [2.24, 2.45) is 4.99 Å². The summed E-state index contributed by atoms with van der Waals surface area (Å²) < 4.78 is 0. The minimum atomic E-state index is 0.950. The van der Waals surface area contributed by atoms with Crippen molar-refractivity contribution in [1.29, 1.82) is 0 Å². The van der Waals surface area contributed by atoms with E-state index in [0.29, 0.717) is 0 Å². The molecule has 0 saturated heterocycles. The van der Waals surface area contributed by atoms with E-state index in [0.717, 1.165) is 12.1 Å². The average Bonchev–Trinajstić information content (AvgIpc) is 2.42. The summed E-state index contributed by atoms with van der Waals surface area (Å²) in [5.74, 6) is 0. The van der Waals surface area contributed by atoms with Crippen LogP contribution in [0.3, 0.4) is 0 Å². The number of hydrogen-bond donors (Lipinski definition) is 0. The van der Waals surface area contributed by atoms with E-state index < -0.39 is 0 Å². The summed E-state index contributed by atoms with van der Waals surface area (Å²) in [4.78, 5) is 7.35. The third kappa shape index (κ3) is 1.53. The van der Waals surface area contributed by atoms with E-state index in [4.69, 9.17) is 4.99 Å². The van der Waals surface area contributed by atoms with E-state index >= 15 is 0 Å². The number of thioether (sulfide) groups is 1. The van der Waals surface area contributed by atoms with Crippen LogP contribution < -0.4 is 0 Å². The lowest BCUT2D eigenvalue weighted by atomic mass is 10.1. The van der Waals surface area contributed by atoms with Crippen LogP contribution in [0.2, 0.25) is 0 Å². The number of aliphatic imine (C=N–C) groups is 1. The van der Waals surface area contributed by atoms with Crippen LogP contribution >= 0.6 is 11.8 Å². The van der Waals surface area contributed by atoms with E-state index in [2.05, 4.69) is 54.6 Å². The van der Waals surface area contributed by atoms with Crippen LogP contribution in [-0.4, -0.2) is 5.71 Å². The molecule has 0 spiro atoms. The summed E-state index contributed by atoms with van der Waals surface area (Å²) in [6, 6.07) is 12.9. The van der Waals surface area contributed by atoms with Gasteiger partial charge >= 0.3 is 0 Å². The minimum Gasteiger partial charge on any atom is -0.251 e. The Kier molecular flexibility index (Phi) is 2.17. The zero-order valence-electron chi connectivity index (χ0n) is 9.76. The lowest BCUT2D eigenvalue weighted by Gasteiger charge is -2.19. The highest BCUT2D eigenvalue weighted by Crippen LogP contribution is 2.43. The first-order valence-corrected chi connectivity index (χ1v) is 6.87. The molecule has 4 rings (SSSR count). The maximum Gasteiger partial charge on any atom is 0.0779 e.